The molecule has 8 nitrogen and oxygen atoms in total. The maximum absolute atomic E-state index is 14.0. The van der Waals surface area contributed by atoms with E-state index in [2.05, 4.69) is 10.2 Å². The quantitative estimate of drug-likeness (QED) is 0.643. The van der Waals surface area contributed by atoms with Crippen LogP contribution in [0.25, 0.3) is 0 Å². The molecule has 0 bridgehead atoms. The number of carbonyl (C=O) groups is 1. The normalized spacial score (nSPS) is 21.6. The third-order valence-electron chi connectivity index (χ3n) is 7.01. The lowest BCUT2D eigenvalue weighted by Gasteiger charge is -2.34. The number of hydrogen-bond donors (Lipinski definition) is 1. The van der Waals surface area contributed by atoms with Gasteiger partial charge in [0.1, 0.15) is 11.9 Å². The van der Waals surface area contributed by atoms with Gasteiger partial charge in [-0.3, -0.25) is 4.79 Å². The standard InChI is InChI=1S/C25H31F2N5O3/c1-31(2)24(33)25(8-9-25)21-14-28-23(22(30-21)29-17-7-12-34-15-17)32-10-5-18(6-11-32)35-20-4-3-16(26)13-19(20)27/h3-4,13-14,17-18H,5-12,15H2,1-2H3,(H,29,30)/t17-/m1/s1. The molecule has 188 valence electrons. The van der Waals surface area contributed by atoms with Gasteiger partial charge in [-0.05, 0) is 31.4 Å². The molecule has 1 saturated carbocycles. The Morgan fingerprint density at radius 2 is 2.00 bits per heavy atom. The fourth-order valence-corrected chi connectivity index (χ4v) is 4.85. The van der Waals surface area contributed by atoms with Crippen molar-refractivity contribution in [3.63, 3.8) is 0 Å². The first-order chi connectivity index (χ1) is 16.9. The van der Waals surface area contributed by atoms with E-state index in [-0.39, 0.29) is 23.8 Å². The number of piperidine rings is 1. The van der Waals surface area contributed by atoms with Gasteiger partial charge in [-0.25, -0.2) is 18.7 Å². The van der Waals surface area contributed by atoms with Crippen LogP contribution in [0.3, 0.4) is 0 Å². The molecule has 2 aliphatic heterocycles. The first-order valence-corrected chi connectivity index (χ1v) is 12.2. The Labute approximate surface area is 203 Å². The maximum Gasteiger partial charge on any atom is 0.234 e. The Morgan fingerprint density at radius 3 is 2.63 bits per heavy atom. The number of likely N-dealkylation sites (N-methyl/N-ethyl adjacent to an activating group) is 1. The Bertz CT molecular complexity index is 1080. The summed E-state index contributed by atoms with van der Waals surface area (Å²) in [5.74, 6) is 0.207. The van der Waals surface area contributed by atoms with E-state index in [1.54, 1.807) is 25.2 Å². The number of ether oxygens (including phenoxy) is 2. The zero-order chi connectivity index (χ0) is 24.6. The Balaban J connectivity index is 1.32. The zero-order valence-electron chi connectivity index (χ0n) is 20.1. The summed E-state index contributed by atoms with van der Waals surface area (Å²) in [5.41, 5.74) is 0.115. The summed E-state index contributed by atoms with van der Waals surface area (Å²) in [7, 11) is 3.53. The summed E-state index contributed by atoms with van der Waals surface area (Å²) >= 11 is 0. The molecule has 0 spiro atoms. The number of nitrogens with one attached hydrogen (secondary N) is 1. The van der Waals surface area contributed by atoms with Crippen molar-refractivity contribution in [1.82, 2.24) is 14.9 Å². The van der Waals surface area contributed by atoms with Crippen LogP contribution in [0, 0.1) is 11.6 Å². The first kappa shape index (κ1) is 23.7. The minimum Gasteiger partial charge on any atom is -0.487 e. The molecule has 1 aliphatic carbocycles. The van der Waals surface area contributed by atoms with E-state index in [0.717, 1.165) is 31.1 Å². The molecular weight excluding hydrogens is 456 g/mol. The molecule has 3 aliphatic rings. The Hall–Kier alpha value is -3.01. The summed E-state index contributed by atoms with van der Waals surface area (Å²) in [6, 6.07) is 3.50. The molecule has 35 heavy (non-hydrogen) atoms. The smallest absolute Gasteiger partial charge is 0.234 e. The molecule has 2 saturated heterocycles. The fourth-order valence-electron chi connectivity index (χ4n) is 4.85. The number of amides is 1. The highest BCUT2D eigenvalue weighted by Gasteiger charge is 2.54. The van der Waals surface area contributed by atoms with Gasteiger partial charge >= 0.3 is 0 Å². The van der Waals surface area contributed by atoms with E-state index in [1.165, 1.54) is 12.1 Å². The van der Waals surface area contributed by atoms with Gasteiger partial charge in [0.15, 0.2) is 23.2 Å². The van der Waals surface area contributed by atoms with Crippen LogP contribution in [-0.2, 0) is 14.9 Å². The zero-order valence-corrected chi connectivity index (χ0v) is 20.1. The van der Waals surface area contributed by atoms with Crippen molar-refractivity contribution in [3.05, 3.63) is 41.7 Å². The number of carbonyl (C=O) groups excluding carboxylic acids is 1. The molecule has 1 atom stereocenters. The van der Waals surface area contributed by atoms with Crippen LogP contribution in [0.1, 0.15) is 37.8 Å². The molecule has 1 aromatic heterocycles. The van der Waals surface area contributed by atoms with E-state index in [4.69, 9.17) is 19.4 Å². The first-order valence-electron chi connectivity index (χ1n) is 12.2. The van der Waals surface area contributed by atoms with Crippen LogP contribution in [-0.4, -0.2) is 73.3 Å². The van der Waals surface area contributed by atoms with Crippen LogP contribution in [0.2, 0.25) is 0 Å². The van der Waals surface area contributed by atoms with Crippen LogP contribution in [0.4, 0.5) is 20.4 Å². The minimum absolute atomic E-state index is 0.0562. The van der Waals surface area contributed by atoms with E-state index < -0.39 is 17.0 Å². The van der Waals surface area contributed by atoms with E-state index in [9.17, 15) is 13.6 Å². The van der Waals surface area contributed by atoms with Crippen molar-refractivity contribution < 1.29 is 23.0 Å². The lowest BCUT2D eigenvalue weighted by Crippen LogP contribution is -2.40. The highest BCUT2D eigenvalue weighted by Crippen LogP contribution is 2.49. The largest absolute Gasteiger partial charge is 0.487 e. The molecule has 0 radical (unpaired) electrons. The summed E-state index contributed by atoms with van der Waals surface area (Å²) in [6.45, 7) is 2.61. The molecule has 3 heterocycles. The third kappa shape index (κ3) is 4.89. The monoisotopic (exact) mass is 487 g/mol. The number of hydrogen-bond acceptors (Lipinski definition) is 7. The van der Waals surface area contributed by atoms with Gasteiger partial charge in [-0.15, -0.1) is 0 Å². The van der Waals surface area contributed by atoms with Crippen LogP contribution in [0.5, 0.6) is 5.75 Å². The SMILES string of the molecule is CN(C)C(=O)C1(c2cnc(N3CCC(Oc4ccc(F)cc4F)CC3)c(N[C@@H]3CCOC3)n2)CC1. The Kier molecular flexibility index (Phi) is 6.48. The van der Waals surface area contributed by atoms with Gasteiger partial charge < -0.3 is 24.6 Å². The molecule has 1 amide bonds. The predicted octanol–water partition coefficient (Wildman–Crippen LogP) is 3.12. The van der Waals surface area contributed by atoms with Gasteiger partial charge in [0.05, 0.1) is 30.0 Å². The number of halogens is 2. The molecule has 1 aromatic carbocycles. The van der Waals surface area contributed by atoms with Gasteiger partial charge in [-0.1, -0.05) is 0 Å². The second-order valence-electron chi connectivity index (χ2n) is 9.79. The number of rotatable bonds is 7. The molecule has 10 heteroatoms. The van der Waals surface area contributed by atoms with E-state index >= 15 is 0 Å². The van der Waals surface area contributed by atoms with Crippen LogP contribution < -0.4 is 15.0 Å². The highest BCUT2D eigenvalue weighted by molar-refractivity contribution is 5.90. The molecule has 2 aromatic rings. The van der Waals surface area contributed by atoms with E-state index in [1.807, 2.05) is 0 Å². The van der Waals surface area contributed by atoms with Crippen LogP contribution >= 0.6 is 0 Å². The average molecular weight is 488 g/mol. The van der Waals surface area contributed by atoms with Crippen molar-refractivity contribution in [3.8, 4) is 5.75 Å². The average Bonchev–Trinajstić information content (AvgIpc) is 3.50. The van der Waals surface area contributed by atoms with E-state index in [0.29, 0.717) is 50.7 Å². The molecular formula is C25H31F2N5O3. The molecule has 0 unspecified atom stereocenters. The maximum atomic E-state index is 14.0. The summed E-state index contributed by atoms with van der Waals surface area (Å²) in [6.07, 6.45) is 5.30. The van der Waals surface area contributed by atoms with Gasteiger partial charge in [0.25, 0.3) is 0 Å². The number of aromatic nitrogens is 2. The van der Waals surface area contributed by atoms with Crippen molar-refractivity contribution in [1.29, 1.82) is 0 Å². The Morgan fingerprint density at radius 1 is 1.23 bits per heavy atom. The fraction of sp³-hybridized carbons (Fsp3) is 0.560. The number of anilines is 2. The van der Waals surface area contributed by atoms with Crippen molar-refractivity contribution in [2.45, 2.75) is 49.7 Å². The van der Waals surface area contributed by atoms with Gasteiger partial charge in [0.2, 0.25) is 5.91 Å². The van der Waals surface area contributed by atoms with Crippen molar-refractivity contribution in [2.75, 3.05) is 50.6 Å². The lowest BCUT2D eigenvalue weighted by molar-refractivity contribution is -0.131. The minimum atomic E-state index is -0.694. The lowest BCUT2D eigenvalue weighted by atomic mass is 10.0. The highest BCUT2D eigenvalue weighted by atomic mass is 19.1. The summed E-state index contributed by atoms with van der Waals surface area (Å²) in [4.78, 5) is 26.3. The third-order valence-corrected chi connectivity index (χ3v) is 7.01. The van der Waals surface area contributed by atoms with Gasteiger partial charge in [-0.2, -0.15) is 0 Å². The van der Waals surface area contributed by atoms with Crippen molar-refractivity contribution >= 4 is 17.5 Å². The second kappa shape index (κ2) is 9.56. The molecule has 3 fully saturated rings. The number of benzene rings is 1. The number of nitrogens with zero attached hydrogens (tertiary/aromatic N) is 4. The molecule has 5 rings (SSSR count). The van der Waals surface area contributed by atoms with Crippen LogP contribution in [0.15, 0.2) is 24.4 Å². The second-order valence-corrected chi connectivity index (χ2v) is 9.79. The summed E-state index contributed by atoms with van der Waals surface area (Å²) in [5, 5.41) is 3.50. The molecule has 1 N–H and O–H groups in total. The summed E-state index contributed by atoms with van der Waals surface area (Å²) < 4.78 is 38.5. The van der Waals surface area contributed by atoms with Crippen molar-refractivity contribution in [2.24, 2.45) is 0 Å². The van der Waals surface area contributed by atoms with Gasteiger partial charge in [0, 0.05) is 52.7 Å². The topological polar surface area (TPSA) is 79.8 Å². The predicted molar refractivity (Wildman–Crippen MR) is 127 cm³/mol.